The van der Waals surface area contributed by atoms with Crippen LogP contribution in [0.5, 0.6) is 5.75 Å². The number of aryl methyl sites for hydroxylation is 1. The Kier molecular flexibility index (Phi) is 8.87. The molecule has 0 spiro atoms. The fraction of sp³-hybridized carbons (Fsp3) is 0.519. The number of nitrogens with zero attached hydrogens (tertiary/aromatic N) is 3. The zero-order valence-corrected chi connectivity index (χ0v) is 20.4. The third-order valence-electron chi connectivity index (χ3n) is 6.14. The third-order valence-corrected chi connectivity index (χ3v) is 6.14. The second-order valence-electron chi connectivity index (χ2n) is 9.42. The van der Waals surface area contributed by atoms with E-state index >= 15 is 0 Å². The van der Waals surface area contributed by atoms with Crippen LogP contribution < -0.4 is 4.74 Å². The SMILES string of the molecule is Cc1ccc(C(=O)N2CCCCCCN(C)C(=O)c3ccccc3OC[C@@H]2CC(C)C)cn1. The van der Waals surface area contributed by atoms with Crippen molar-refractivity contribution in [1.29, 1.82) is 0 Å². The number of hydrogen-bond donors (Lipinski definition) is 0. The van der Waals surface area contributed by atoms with Crippen molar-refractivity contribution < 1.29 is 14.3 Å². The molecule has 1 aromatic heterocycles. The van der Waals surface area contributed by atoms with Crippen LogP contribution in [-0.2, 0) is 0 Å². The molecule has 178 valence electrons. The van der Waals surface area contributed by atoms with Gasteiger partial charge >= 0.3 is 0 Å². The Labute approximate surface area is 197 Å². The van der Waals surface area contributed by atoms with Gasteiger partial charge in [-0.3, -0.25) is 14.6 Å². The van der Waals surface area contributed by atoms with Crippen molar-refractivity contribution >= 4 is 11.8 Å². The average molecular weight is 452 g/mol. The number of benzene rings is 1. The highest BCUT2D eigenvalue weighted by molar-refractivity contribution is 5.96. The van der Waals surface area contributed by atoms with Crippen molar-refractivity contribution in [3.05, 3.63) is 59.4 Å². The number of carbonyl (C=O) groups is 2. The van der Waals surface area contributed by atoms with E-state index in [0.717, 1.165) is 37.8 Å². The number of aromatic nitrogens is 1. The minimum Gasteiger partial charge on any atom is -0.491 e. The van der Waals surface area contributed by atoms with Gasteiger partial charge in [-0.25, -0.2) is 0 Å². The highest BCUT2D eigenvalue weighted by Gasteiger charge is 2.27. The number of carbonyl (C=O) groups excluding carboxylic acids is 2. The van der Waals surface area contributed by atoms with Crippen molar-refractivity contribution in [3.8, 4) is 5.75 Å². The largest absolute Gasteiger partial charge is 0.491 e. The van der Waals surface area contributed by atoms with Crippen LogP contribution in [0, 0.1) is 12.8 Å². The summed E-state index contributed by atoms with van der Waals surface area (Å²) < 4.78 is 6.24. The predicted molar refractivity (Wildman–Crippen MR) is 131 cm³/mol. The Hall–Kier alpha value is -2.89. The van der Waals surface area contributed by atoms with E-state index in [4.69, 9.17) is 4.74 Å². The van der Waals surface area contributed by atoms with E-state index in [1.54, 1.807) is 11.1 Å². The fourth-order valence-corrected chi connectivity index (χ4v) is 4.29. The molecule has 6 heteroatoms. The van der Waals surface area contributed by atoms with Crippen LogP contribution >= 0.6 is 0 Å². The molecular weight excluding hydrogens is 414 g/mol. The molecular formula is C27H37N3O3. The molecule has 2 aromatic rings. The average Bonchev–Trinajstić information content (AvgIpc) is 2.80. The molecule has 1 aliphatic rings. The van der Waals surface area contributed by atoms with Gasteiger partial charge in [-0.1, -0.05) is 38.8 Å². The van der Waals surface area contributed by atoms with Crippen LogP contribution in [0.25, 0.3) is 0 Å². The summed E-state index contributed by atoms with van der Waals surface area (Å²) in [6.07, 6.45) is 6.40. The van der Waals surface area contributed by atoms with Crippen LogP contribution in [0.15, 0.2) is 42.6 Å². The van der Waals surface area contributed by atoms with E-state index in [1.807, 2.05) is 55.3 Å². The highest BCUT2D eigenvalue weighted by atomic mass is 16.5. The molecule has 0 N–H and O–H groups in total. The van der Waals surface area contributed by atoms with Crippen molar-refractivity contribution in [1.82, 2.24) is 14.8 Å². The fourth-order valence-electron chi connectivity index (χ4n) is 4.29. The molecule has 1 aromatic carbocycles. The normalized spacial score (nSPS) is 18.5. The summed E-state index contributed by atoms with van der Waals surface area (Å²) in [7, 11) is 1.85. The first-order chi connectivity index (χ1) is 15.9. The summed E-state index contributed by atoms with van der Waals surface area (Å²) in [6, 6.07) is 11.0. The summed E-state index contributed by atoms with van der Waals surface area (Å²) in [4.78, 5) is 34.7. The van der Waals surface area contributed by atoms with Crippen LogP contribution in [-0.4, -0.2) is 59.4 Å². The van der Waals surface area contributed by atoms with Gasteiger partial charge in [0, 0.05) is 32.0 Å². The number of hydrogen-bond acceptors (Lipinski definition) is 4. The topological polar surface area (TPSA) is 62.7 Å². The molecule has 1 aliphatic heterocycles. The molecule has 33 heavy (non-hydrogen) atoms. The van der Waals surface area contributed by atoms with E-state index in [1.165, 1.54) is 0 Å². The Bertz CT molecular complexity index is 926. The zero-order chi connectivity index (χ0) is 23.8. The maximum Gasteiger partial charge on any atom is 0.257 e. The van der Waals surface area contributed by atoms with Gasteiger partial charge in [0.2, 0.25) is 0 Å². The third kappa shape index (κ3) is 6.80. The van der Waals surface area contributed by atoms with E-state index in [-0.39, 0.29) is 17.9 Å². The van der Waals surface area contributed by atoms with Gasteiger partial charge in [-0.15, -0.1) is 0 Å². The van der Waals surface area contributed by atoms with E-state index < -0.39 is 0 Å². The number of para-hydroxylation sites is 1. The Balaban J connectivity index is 1.92. The minimum atomic E-state index is -0.0948. The Morgan fingerprint density at radius 2 is 1.82 bits per heavy atom. The monoisotopic (exact) mass is 451 g/mol. The summed E-state index contributed by atoms with van der Waals surface area (Å²) in [5.41, 5.74) is 2.06. The first kappa shape index (κ1) is 24.7. The molecule has 6 nitrogen and oxygen atoms in total. The molecule has 0 saturated heterocycles. The van der Waals surface area contributed by atoms with Crippen LogP contribution in [0.1, 0.15) is 72.4 Å². The smallest absolute Gasteiger partial charge is 0.257 e. The number of fused-ring (bicyclic) bond motifs is 1. The lowest BCUT2D eigenvalue weighted by molar-refractivity contribution is 0.0567. The van der Waals surface area contributed by atoms with Gasteiger partial charge in [0.05, 0.1) is 17.2 Å². The van der Waals surface area contributed by atoms with Crippen molar-refractivity contribution in [2.45, 2.75) is 58.9 Å². The lowest BCUT2D eigenvalue weighted by atomic mass is 10.0. The van der Waals surface area contributed by atoms with Gasteiger partial charge in [0.15, 0.2) is 0 Å². The van der Waals surface area contributed by atoms with Gasteiger partial charge < -0.3 is 14.5 Å². The summed E-state index contributed by atoms with van der Waals surface area (Å²) >= 11 is 0. The maximum absolute atomic E-state index is 13.6. The van der Waals surface area contributed by atoms with E-state index in [2.05, 4.69) is 18.8 Å². The standard InChI is InChI=1S/C27H37N3O3/c1-20(2)17-23-19-33-25-12-8-7-11-24(25)27(32)29(4)15-9-5-6-10-16-30(23)26(31)22-14-13-21(3)28-18-22/h7-8,11-14,18,20,23H,5-6,9-10,15-17,19H2,1-4H3/t23-/m0/s1. The second-order valence-corrected chi connectivity index (χ2v) is 9.42. The second kappa shape index (κ2) is 11.8. The first-order valence-corrected chi connectivity index (χ1v) is 12.1. The minimum absolute atomic E-state index is 0.00654. The van der Waals surface area contributed by atoms with Gasteiger partial charge in [-0.2, -0.15) is 0 Å². The van der Waals surface area contributed by atoms with Crippen molar-refractivity contribution in [3.63, 3.8) is 0 Å². The van der Waals surface area contributed by atoms with Crippen molar-refractivity contribution in [2.24, 2.45) is 5.92 Å². The Morgan fingerprint density at radius 1 is 1.09 bits per heavy atom. The quantitative estimate of drug-likeness (QED) is 0.661. The molecule has 3 rings (SSSR count). The number of pyridine rings is 1. The summed E-state index contributed by atoms with van der Waals surface area (Å²) in [5, 5.41) is 0. The maximum atomic E-state index is 13.6. The lowest BCUT2D eigenvalue weighted by Gasteiger charge is -2.33. The zero-order valence-electron chi connectivity index (χ0n) is 20.4. The van der Waals surface area contributed by atoms with Gasteiger partial charge in [0.1, 0.15) is 12.4 Å². The molecule has 0 radical (unpaired) electrons. The summed E-state index contributed by atoms with van der Waals surface area (Å²) in [6.45, 7) is 7.98. The van der Waals surface area contributed by atoms with E-state index in [9.17, 15) is 9.59 Å². The predicted octanol–water partition coefficient (Wildman–Crippen LogP) is 4.97. The molecule has 2 heterocycles. The lowest BCUT2D eigenvalue weighted by Crippen LogP contribution is -2.45. The van der Waals surface area contributed by atoms with Crippen LogP contribution in [0.3, 0.4) is 0 Å². The first-order valence-electron chi connectivity index (χ1n) is 12.1. The van der Waals surface area contributed by atoms with Crippen molar-refractivity contribution in [2.75, 3.05) is 26.7 Å². The number of rotatable bonds is 3. The van der Waals surface area contributed by atoms with E-state index in [0.29, 0.717) is 42.5 Å². The molecule has 0 fully saturated rings. The molecule has 0 aliphatic carbocycles. The number of amides is 2. The number of ether oxygens (including phenoxy) is 1. The molecule has 0 saturated carbocycles. The Morgan fingerprint density at radius 3 is 2.52 bits per heavy atom. The van der Waals surface area contributed by atoms with Crippen LogP contribution in [0.4, 0.5) is 0 Å². The molecule has 1 atom stereocenters. The molecule has 0 unspecified atom stereocenters. The molecule has 2 amide bonds. The van der Waals surface area contributed by atoms with Gasteiger partial charge in [0.25, 0.3) is 11.8 Å². The van der Waals surface area contributed by atoms with Crippen LogP contribution in [0.2, 0.25) is 0 Å². The molecule has 0 bridgehead atoms. The summed E-state index contributed by atoms with van der Waals surface area (Å²) in [5.74, 6) is 0.936. The highest BCUT2D eigenvalue weighted by Crippen LogP contribution is 2.23. The van der Waals surface area contributed by atoms with Gasteiger partial charge in [-0.05, 0) is 56.4 Å².